The summed E-state index contributed by atoms with van der Waals surface area (Å²) < 4.78 is 28.0. The van der Waals surface area contributed by atoms with Gasteiger partial charge in [0.25, 0.3) is 5.91 Å². The fourth-order valence-electron chi connectivity index (χ4n) is 3.92. The highest BCUT2D eigenvalue weighted by molar-refractivity contribution is 7.12. The van der Waals surface area contributed by atoms with Crippen molar-refractivity contribution in [2.75, 3.05) is 0 Å². The first-order valence-electron chi connectivity index (χ1n) is 9.27. The molecule has 2 aromatic carbocycles. The molecule has 4 nitrogen and oxygen atoms in total. The van der Waals surface area contributed by atoms with Crippen molar-refractivity contribution in [2.45, 2.75) is 25.4 Å². The molecule has 30 heavy (non-hydrogen) atoms. The van der Waals surface area contributed by atoms with Crippen molar-refractivity contribution in [3.8, 4) is 0 Å². The monoisotopic (exact) mass is 446 g/mol. The fourth-order valence-corrected chi connectivity index (χ4v) is 4.82. The molecule has 0 fully saturated rings. The molecule has 1 atom stereocenters. The van der Waals surface area contributed by atoms with Gasteiger partial charge in [-0.05, 0) is 59.9 Å². The van der Waals surface area contributed by atoms with Crippen molar-refractivity contribution in [3.63, 3.8) is 0 Å². The van der Waals surface area contributed by atoms with Crippen molar-refractivity contribution in [3.05, 3.63) is 91.6 Å². The van der Waals surface area contributed by atoms with Crippen LogP contribution in [0.1, 0.15) is 49.2 Å². The van der Waals surface area contributed by atoms with E-state index in [9.17, 15) is 18.4 Å². The van der Waals surface area contributed by atoms with E-state index >= 15 is 0 Å². The third-order valence-corrected chi connectivity index (χ3v) is 6.35. The summed E-state index contributed by atoms with van der Waals surface area (Å²) in [7, 11) is 0. The third-order valence-electron chi connectivity index (χ3n) is 5.27. The van der Waals surface area contributed by atoms with Gasteiger partial charge in [0.05, 0.1) is 10.9 Å². The zero-order valence-corrected chi connectivity index (χ0v) is 17.3. The summed E-state index contributed by atoms with van der Waals surface area (Å²) >= 11 is 6.82. The second kappa shape index (κ2) is 8.16. The minimum Gasteiger partial charge on any atom is -0.366 e. The van der Waals surface area contributed by atoms with Gasteiger partial charge in [-0.25, -0.2) is 4.39 Å². The second-order valence-corrected chi connectivity index (χ2v) is 8.54. The Morgan fingerprint density at radius 2 is 1.93 bits per heavy atom. The highest BCUT2D eigenvalue weighted by Crippen LogP contribution is 2.40. The van der Waals surface area contributed by atoms with Crippen LogP contribution in [0, 0.1) is 10.9 Å². The number of carbonyl (C=O) groups excluding carboxylic acids is 2. The predicted molar refractivity (Wildman–Crippen MR) is 112 cm³/mol. The number of amides is 2. The maximum atomic E-state index is 14.4. The Balaban J connectivity index is 1.79. The molecule has 154 valence electrons. The largest absolute Gasteiger partial charge is 0.366 e. The van der Waals surface area contributed by atoms with Gasteiger partial charge in [-0.15, -0.1) is 11.3 Å². The topological polar surface area (TPSA) is 63.4 Å². The number of nitrogens with zero attached hydrogens (tertiary/aromatic N) is 1. The average molecular weight is 447 g/mol. The summed E-state index contributed by atoms with van der Waals surface area (Å²) in [4.78, 5) is 27.0. The predicted octanol–water partition coefficient (Wildman–Crippen LogP) is 5.11. The lowest BCUT2D eigenvalue weighted by Gasteiger charge is -2.30. The number of carbonyl (C=O) groups is 2. The van der Waals surface area contributed by atoms with Crippen LogP contribution in [0.4, 0.5) is 8.78 Å². The van der Waals surface area contributed by atoms with Crippen LogP contribution in [0.3, 0.4) is 0 Å². The van der Waals surface area contributed by atoms with Crippen LogP contribution >= 0.6 is 22.9 Å². The Labute approximate surface area is 180 Å². The lowest BCUT2D eigenvalue weighted by molar-refractivity contribution is 0.0661. The lowest BCUT2D eigenvalue weighted by atomic mass is 10.0. The normalized spacial score (nSPS) is 15.1. The van der Waals surface area contributed by atoms with Gasteiger partial charge in [0.2, 0.25) is 5.91 Å². The van der Waals surface area contributed by atoms with E-state index in [4.69, 9.17) is 17.3 Å². The molecule has 0 spiro atoms. The molecular weight excluding hydrogens is 430 g/mol. The summed E-state index contributed by atoms with van der Waals surface area (Å²) in [6.07, 6.45) is 0.938. The smallest absolute Gasteiger partial charge is 0.264 e. The molecule has 0 saturated heterocycles. The second-order valence-electron chi connectivity index (χ2n) is 7.07. The third kappa shape index (κ3) is 3.82. The molecule has 8 heteroatoms. The number of benzene rings is 2. The Hall–Kier alpha value is -2.77. The molecule has 0 aliphatic heterocycles. The number of primary amides is 1. The summed E-state index contributed by atoms with van der Waals surface area (Å²) in [5.74, 6) is -1.42. The number of thiophene rings is 1. The molecule has 3 aromatic rings. The van der Waals surface area contributed by atoms with Gasteiger partial charge in [-0.1, -0.05) is 29.8 Å². The maximum absolute atomic E-state index is 14.4. The highest BCUT2D eigenvalue weighted by Gasteiger charge is 2.34. The number of halogens is 3. The summed E-state index contributed by atoms with van der Waals surface area (Å²) in [5.41, 5.74) is 7.49. The molecule has 0 bridgehead atoms. The van der Waals surface area contributed by atoms with Crippen LogP contribution in [0.25, 0.3) is 0 Å². The van der Waals surface area contributed by atoms with Crippen LogP contribution in [-0.4, -0.2) is 16.7 Å². The molecule has 1 heterocycles. The Morgan fingerprint density at radius 1 is 1.17 bits per heavy atom. The molecular formula is C22H17ClF2N2O2S. The zero-order valence-electron chi connectivity index (χ0n) is 15.7. The Kier molecular flexibility index (Phi) is 5.58. The Morgan fingerprint density at radius 3 is 2.63 bits per heavy atom. The molecule has 1 aliphatic rings. The van der Waals surface area contributed by atoms with Gasteiger partial charge in [-0.2, -0.15) is 4.39 Å². The molecule has 4 rings (SSSR count). The van der Waals surface area contributed by atoms with Gasteiger partial charge in [0.15, 0.2) is 5.13 Å². The summed E-state index contributed by atoms with van der Waals surface area (Å²) in [5, 5.41) is -0.234. The minimum atomic E-state index is -0.610. The number of rotatable bonds is 5. The number of nitrogens with two attached hydrogens (primary N) is 1. The van der Waals surface area contributed by atoms with Gasteiger partial charge in [0, 0.05) is 17.1 Å². The van der Waals surface area contributed by atoms with E-state index in [1.54, 1.807) is 30.3 Å². The molecule has 0 radical (unpaired) electrons. The number of hydrogen-bond acceptors (Lipinski definition) is 3. The van der Waals surface area contributed by atoms with E-state index < -0.39 is 28.8 Å². The van der Waals surface area contributed by atoms with Crippen LogP contribution in [0.15, 0.2) is 48.5 Å². The summed E-state index contributed by atoms with van der Waals surface area (Å²) in [6, 6.07) is 11.8. The maximum Gasteiger partial charge on any atom is 0.264 e. The Bertz CT molecular complexity index is 1150. The lowest BCUT2D eigenvalue weighted by Crippen LogP contribution is -2.34. The van der Waals surface area contributed by atoms with Gasteiger partial charge in [-0.3, -0.25) is 9.59 Å². The van der Waals surface area contributed by atoms with Crippen LogP contribution in [0.5, 0.6) is 0 Å². The van der Waals surface area contributed by atoms with E-state index in [-0.39, 0.29) is 16.4 Å². The van der Waals surface area contributed by atoms with Crippen molar-refractivity contribution >= 4 is 34.8 Å². The quantitative estimate of drug-likeness (QED) is 0.592. The average Bonchev–Trinajstić information content (AvgIpc) is 3.32. The molecule has 1 aliphatic carbocycles. The van der Waals surface area contributed by atoms with Crippen molar-refractivity contribution < 1.29 is 18.4 Å². The van der Waals surface area contributed by atoms with Crippen LogP contribution < -0.4 is 5.73 Å². The van der Waals surface area contributed by atoms with E-state index in [0.29, 0.717) is 35.1 Å². The van der Waals surface area contributed by atoms with Crippen molar-refractivity contribution in [1.29, 1.82) is 0 Å². The van der Waals surface area contributed by atoms with Gasteiger partial charge < -0.3 is 10.6 Å². The first kappa shape index (κ1) is 20.5. The van der Waals surface area contributed by atoms with Gasteiger partial charge >= 0.3 is 0 Å². The number of fused-ring (bicyclic) bond motifs is 1. The summed E-state index contributed by atoms with van der Waals surface area (Å²) in [6.45, 7) is 0.0652. The highest BCUT2D eigenvalue weighted by atomic mass is 35.5. The van der Waals surface area contributed by atoms with E-state index in [1.807, 2.05) is 0 Å². The van der Waals surface area contributed by atoms with E-state index in [2.05, 4.69) is 0 Å². The first-order valence-corrected chi connectivity index (χ1v) is 10.5. The minimum absolute atomic E-state index is 0.0652. The molecule has 1 aromatic heterocycles. The van der Waals surface area contributed by atoms with E-state index in [0.717, 1.165) is 11.3 Å². The molecule has 0 saturated carbocycles. The van der Waals surface area contributed by atoms with Crippen molar-refractivity contribution in [1.82, 2.24) is 4.90 Å². The van der Waals surface area contributed by atoms with Crippen molar-refractivity contribution in [2.24, 2.45) is 5.73 Å². The molecule has 2 amide bonds. The van der Waals surface area contributed by atoms with Gasteiger partial charge in [0.1, 0.15) is 5.82 Å². The van der Waals surface area contributed by atoms with Crippen LogP contribution in [0.2, 0.25) is 5.02 Å². The standard InChI is InChI=1S/C22H17ClF2N2O2S/c23-13-9-16-15(17(24)10-13)5-6-18(16)27(22(29)19-7-8-20(25)30-19)11-12-3-1-2-4-14(12)21(26)28/h1-4,7-10,18H,5-6,11H2,(H2,26,28)/t18-/m1/s1. The number of hydrogen-bond donors (Lipinski definition) is 1. The van der Waals surface area contributed by atoms with Crippen LogP contribution in [-0.2, 0) is 13.0 Å². The molecule has 2 N–H and O–H groups in total. The zero-order chi connectivity index (χ0) is 21.4. The SMILES string of the molecule is NC(=O)c1ccccc1CN(C(=O)c1ccc(F)s1)[C@@H]1CCc2c(F)cc(Cl)cc21. The fraction of sp³-hybridized carbons (Fsp3) is 0.182. The first-order chi connectivity index (χ1) is 14.3. The van der Waals surface area contributed by atoms with E-state index in [1.165, 1.54) is 23.1 Å². The molecule has 0 unspecified atom stereocenters.